The zero-order valence-corrected chi connectivity index (χ0v) is 22.5. The Balaban J connectivity index is 1.48. The molecule has 1 unspecified atom stereocenters. The summed E-state index contributed by atoms with van der Waals surface area (Å²) in [5.74, 6) is -0.461. The molecule has 7 heteroatoms. The Hall–Kier alpha value is -3.55. The molecule has 0 aliphatic heterocycles. The Labute approximate surface area is 224 Å². The number of carbonyl (C=O) groups excluding carboxylic acids is 1. The third-order valence-electron chi connectivity index (χ3n) is 7.00. The highest BCUT2D eigenvalue weighted by Gasteiger charge is 2.23. The molecule has 1 atom stereocenters. The minimum atomic E-state index is -0.249. The number of unbranched alkanes of at least 4 members (excludes halogenated alkanes) is 1. The van der Waals surface area contributed by atoms with Gasteiger partial charge in [0.15, 0.2) is 0 Å². The lowest BCUT2D eigenvalue weighted by molar-refractivity contribution is -0.143. The molecule has 200 valence electrons. The number of aryl methyl sites for hydroxylation is 3. The van der Waals surface area contributed by atoms with Gasteiger partial charge in [0, 0.05) is 19.1 Å². The normalized spacial score (nSPS) is 12.1. The molecule has 4 aromatic rings. The monoisotopic (exact) mass is 515 g/mol. The van der Waals surface area contributed by atoms with Crippen LogP contribution in [0.15, 0.2) is 60.7 Å². The molecule has 1 aromatic heterocycles. The van der Waals surface area contributed by atoms with E-state index >= 15 is 0 Å². The van der Waals surface area contributed by atoms with Crippen molar-refractivity contribution in [2.24, 2.45) is 0 Å². The standard InChI is InChI=1S/C31H37N3O4/c1-4-38-30(36)19-28(25-13-12-22(2)26(18-25)20-35)27-14-15-29-31(23(27)3)32-33-34(29)16-8-9-17-37-21-24-10-6-5-7-11-24/h5-7,10-15,18,28,35H,4,8-9,16-17,19-21H2,1-3H3. The van der Waals surface area contributed by atoms with Crippen LogP contribution in [0, 0.1) is 13.8 Å². The summed E-state index contributed by atoms with van der Waals surface area (Å²) in [5.41, 5.74) is 7.86. The fourth-order valence-electron chi connectivity index (χ4n) is 4.83. The molecule has 7 nitrogen and oxygen atoms in total. The minimum Gasteiger partial charge on any atom is -0.466 e. The number of esters is 1. The molecule has 0 aliphatic carbocycles. The molecule has 3 aromatic carbocycles. The van der Waals surface area contributed by atoms with Gasteiger partial charge in [-0.1, -0.05) is 59.8 Å². The van der Waals surface area contributed by atoms with Gasteiger partial charge in [-0.25, -0.2) is 4.68 Å². The van der Waals surface area contributed by atoms with E-state index in [1.54, 1.807) is 0 Å². The second-order valence-corrected chi connectivity index (χ2v) is 9.61. The number of benzene rings is 3. The van der Waals surface area contributed by atoms with E-state index in [9.17, 15) is 9.90 Å². The first kappa shape index (κ1) is 27.5. The van der Waals surface area contributed by atoms with Gasteiger partial charge >= 0.3 is 5.97 Å². The summed E-state index contributed by atoms with van der Waals surface area (Å²) >= 11 is 0. The molecule has 0 amide bonds. The van der Waals surface area contributed by atoms with Gasteiger partial charge in [0.1, 0.15) is 5.52 Å². The molecule has 0 spiro atoms. The van der Waals surface area contributed by atoms with Gasteiger partial charge < -0.3 is 14.6 Å². The average molecular weight is 516 g/mol. The van der Waals surface area contributed by atoms with Crippen LogP contribution in [0.2, 0.25) is 0 Å². The number of ether oxygens (including phenoxy) is 2. The van der Waals surface area contributed by atoms with E-state index in [1.807, 2.05) is 67.9 Å². The molecule has 0 radical (unpaired) electrons. The van der Waals surface area contributed by atoms with Crippen molar-refractivity contribution in [2.45, 2.75) is 65.7 Å². The van der Waals surface area contributed by atoms with Gasteiger partial charge in [0.25, 0.3) is 0 Å². The van der Waals surface area contributed by atoms with Crippen molar-refractivity contribution < 1.29 is 19.4 Å². The van der Waals surface area contributed by atoms with Crippen LogP contribution in [0.1, 0.15) is 65.5 Å². The van der Waals surface area contributed by atoms with Gasteiger partial charge in [-0.3, -0.25) is 4.79 Å². The Kier molecular flexibility index (Phi) is 9.62. The summed E-state index contributed by atoms with van der Waals surface area (Å²) in [6.45, 7) is 8.20. The number of aliphatic hydroxyl groups excluding tert-OH is 1. The summed E-state index contributed by atoms with van der Waals surface area (Å²) in [4.78, 5) is 12.6. The molecule has 1 N–H and O–H groups in total. The quantitative estimate of drug-likeness (QED) is 0.184. The van der Waals surface area contributed by atoms with Crippen molar-refractivity contribution in [1.82, 2.24) is 15.0 Å². The molecule has 1 heterocycles. The predicted molar refractivity (Wildman–Crippen MR) is 148 cm³/mol. The smallest absolute Gasteiger partial charge is 0.306 e. The first-order valence-electron chi connectivity index (χ1n) is 13.3. The lowest BCUT2D eigenvalue weighted by atomic mass is 9.84. The van der Waals surface area contributed by atoms with Crippen LogP contribution in [-0.2, 0) is 34.0 Å². The molecule has 0 saturated heterocycles. The zero-order valence-electron chi connectivity index (χ0n) is 22.5. The molecule has 4 rings (SSSR count). The molecule has 0 saturated carbocycles. The van der Waals surface area contributed by atoms with Crippen molar-refractivity contribution in [3.63, 3.8) is 0 Å². The van der Waals surface area contributed by atoms with Gasteiger partial charge in [0.2, 0.25) is 0 Å². The van der Waals surface area contributed by atoms with E-state index in [0.29, 0.717) is 19.8 Å². The maximum atomic E-state index is 12.6. The SMILES string of the molecule is CCOC(=O)CC(c1ccc(C)c(CO)c1)c1ccc2c(nnn2CCCCOCc2ccccc2)c1C. The maximum absolute atomic E-state index is 12.6. The number of aliphatic hydroxyl groups is 1. The molecule has 0 fully saturated rings. The zero-order chi connectivity index (χ0) is 26.9. The molecular formula is C31H37N3O4. The van der Waals surface area contributed by atoms with Crippen LogP contribution < -0.4 is 0 Å². The van der Waals surface area contributed by atoms with Gasteiger partial charge in [0.05, 0.1) is 31.8 Å². The van der Waals surface area contributed by atoms with E-state index in [2.05, 4.69) is 28.5 Å². The number of fused-ring (bicyclic) bond motifs is 1. The second-order valence-electron chi connectivity index (χ2n) is 9.61. The Morgan fingerprint density at radius 1 is 1.05 bits per heavy atom. The van der Waals surface area contributed by atoms with Crippen LogP contribution in [0.4, 0.5) is 0 Å². The van der Waals surface area contributed by atoms with E-state index in [1.165, 1.54) is 5.56 Å². The number of rotatable bonds is 13. The summed E-state index contributed by atoms with van der Waals surface area (Å²) in [5, 5.41) is 18.7. The fourth-order valence-corrected chi connectivity index (χ4v) is 4.83. The Morgan fingerprint density at radius 2 is 1.87 bits per heavy atom. The van der Waals surface area contributed by atoms with Gasteiger partial charge in [-0.05, 0) is 73.1 Å². The number of aromatic nitrogens is 3. The molecule has 38 heavy (non-hydrogen) atoms. The Morgan fingerprint density at radius 3 is 2.63 bits per heavy atom. The highest BCUT2D eigenvalue weighted by Crippen LogP contribution is 2.34. The summed E-state index contributed by atoms with van der Waals surface area (Å²) in [7, 11) is 0. The van der Waals surface area contributed by atoms with Gasteiger partial charge in [-0.15, -0.1) is 5.10 Å². The number of nitrogens with zero attached hydrogens (tertiary/aromatic N) is 3. The lowest BCUT2D eigenvalue weighted by Gasteiger charge is -2.21. The minimum absolute atomic E-state index is 0.0462. The van der Waals surface area contributed by atoms with Crippen molar-refractivity contribution in [1.29, 1.82) is 0 Å². The molecular weight excluding hydrogens is 478 g/mol. The summed E-state index contributed by atoms with van der Waals surface area (Å²) in [6.07, 6.45) is 2.09. The van der Waals surface area contributed by atoms with Crippen LogP contribution in [0.25, 0.3) is 11.0 Å². The van der Waals surface area contributed by atoms with Crippen LogP contribution >= 0.6 is 0 Å². The van der Waals surface area contributed by atoms with Gasteiger partial charge in [-0.2, -0.15) is 0 Å². The number of hydrogen-bond acceptors (Lipinski definition) is 6. The van der Waals surface area contributed by atoms with Crippen LogP contribution in [0.5, 0.6) is 0 Å². The number of hydrogen-bond donors (Lipinski definition) is 1. The first-order valence-corrected chi connectivity index (χ1v) is 13.3. The summed E-state index contributed by atoms with van der Waals surface area (Å²) < 4.78 is 13.0. The second kappa shape index (κ2) is 13.3. The fraction of sp³-hybridized carbons (Fsp3) is 0.387. The average Bonchev–Trinajstić information content (AvgIpc) is 3.35. The third-order valence-corrected chi connectivity index (χ3v) is 7.00. The van der Waals surface area contributed by atoms with Crippen molar-refractivity contribution in [3.8, 4) is 0 Å². The summed E-state index contributed by atoms with van der Waals surface area (Å²) in [6, 6.07) is 20.3. The van der Waals surface area contributed by atoms with E-state index in [-0.39, 0.29) is 24.9 Å². The van der Waals surface area contributed by atoms with Crippen LogP contribution in [-0.4, -0.2) is 39.3 Å². The van der Waals surface area contributed by atoms with Crippen LogP contribution in [0.3, 0.4) is 0 Å². The van der Waals surface area contributed by atoms with Crippen molar-refractivity contribution in [2.75, 3.05) is 13.2 Å². The predicted octanol–water partition coefficient (Wildman–Crippen LogP) is 5.62. The Bertz CT molecular complexity index is 1350. The highest BCUT2D eigenvalue weighted by molar-refractivity contribution is 5.80. The van der Waals surface area contributed by atoms with E-state index in [0.717, 1.165) is 58.2 Å². The number of carbonyl (C=O) groups is 1. The topological polar surface area (TPSA) is 86.5 Å². The lowest BCUT2D eigenvalue weighted by Crippen LogP contribution is -2.13. The third kappa shape index (κ3) is 6.65. The molecule has 0 bridgehead atoms. The highest BCUT2D eigenvalue weighted by atomic mass is 16.5. The maximum Gasteiger partial charge on any atom is 0.306 e. The first-order chi connectivity index (χ1) is 18.5. The van der Waals surface area contributed by atoms with E-state index in [4.69, 9.17) is 9.47 Å². The largest absolute Gasteiger partial charge is 0.466 e. The molecule has 0 aliphatic rings. The van der Waals surface area contributed by atoms with Crippen molar-refractivity contribution >= 4 is 17.0 Å². The van der Waals surface area contributed by atoms with E-state index < -0.39 is 0 Å². The van der Waals surface area contributed by atoms with Crippen molar-refractivity contribution in [3.05, 3.63) is 94.0 Å².